The molecule has 0 aromatic heterocycles. The van der Waals surface area contributed by atoms with Gasteiger partial charge in [-0.2, -0.15) is 0 Å². The number of quaternary nitrogens is 1. The Kier molecular flexibility index (Phi) is 3.42. The lowest BCUT2D eigenvalue weighted by atomic mass is 10.1. The topological polar surface area (TPSA) is 70.1 Å². The molecule has 3 rings (SSSR count). The highest BCUT2D eigenvalue weighted by Gasteiger charge is 2.20. The summed E-state index contributed by atoms with van der Waals surface area (Å²) in [5.41, 5.74) is 9.32. The van der Waals surface area contributed by atoms with Gasteiger partial charge < -0.3 is 5.32 Å². The van der Waals surface area contributed by atoms with Gasteiger partial charge in [-0.25, -0.2) is 15.8 Å². The number of aliphatic imine (C=N–C) groups is 1. The number of nitrogens with one attached hydrogen (secondary N) is 2. The van der Waals surface area contributed by atoms with Crippen LogP contribution in [0, 0.1) is 0 Å². The lowest BCUT2D eigenvalue weighted by molar-refractivity contribution is -0.658. The van der Waals surface area contributed by atoms with Crippen LogP contribution in [0.3, 0.4) is 0 Å². The molecule has 0 saturated heterocycles. The molecule has 5 nitrogen and oxygen atoms in total. The fraction of sp³-hybridized carbons (Fsp3) is 0.143. The Labute approximate surface area is 125 Å². The van der Waals surface area contributed by atoms with Crippen LogP contribution >= 0.6 is 15.9 Å². The minimum absolute atomic E-state index is 0.0606. The van der Waals surface area contributed by atoms with Crippen molar-refractivity contribution < 1.29 is 10.2 Å². The van der Waals surface area contributed by atoms with Crippen LogP contribution < -0.4 is 16.2 Å². The lowest BCUT2D eigenvalue weighted by Gasteiger charge is -2.13. The van der Waals surface area contributed by atoms with Crippen LogP contribution in [0.5, 0.6) is 0 Å². The van der Waals surface area contributed by atoms with Gasteiger partial charge in [0, 0.05) is 11.4 Å². The third kappa shape index (κ3) is 2.66. The van der Waals surface area contributed by atoms with Crippen molar-refractivity contribution in [3.8, 4) is 0 Å². The summed E-state index contributed by atoms with van der Waals surface area (Å²) in [6.45, 7) is 2.01. The molecular formula is C14H14BrN4O+. The van der Waals surface area contributed by atoms with Crippen LogP contribution in [0.1, 0.15) is 13.3 Å². The number of hydrogen-bond donors (Lipinski definition) is 3. The van der Waals surface area contributed by atoms with Crippen LogP contribution in [0.15, 0.2) is 51.2 Å². The number of nitrogens with two attached hydrogens (primary N) is 1. The van der Waals surface area contributed by atoms with E-state index in [4.69, 9.17) is 0 Å². The first kappa shape index (κ1) is 13.1. The Morgan fingerprint density at radius 1 is 1.35 bits per heavy atom. The Balaban J connectivity index is 2.03. The second kappa shape index (κ2) is 5.22. The molecule has 4 N–H and O–H groups in total. The van der Waals surface area contributed by atoms with Crippen molar-refractivity contribution in [3.05, 3.63) is 46.2 Å². The van der Waals surface area contributed by atoms with E-state index in [0.29, 0.717) is 0 Å². The number of amides is 1. The monoisotopic (exact) mass is 333 g/mol. The van der Waals surface area contributed by atoms with Crippen molar-refractivity contribution in [1.82, 2.24) is 5.43 Å². The zero-order valence-corrected chi connectivity index (χ0v) is 12.5. The predicted octanol–water partition coefficient (Wildman–Crippen LogP) is 1.73. The van der Waals surface area contributed by atoms with E-state index in [0.717, 1.165) is 33.0 Å². The Morgan fingerprint density at radius 2 is 2.20 bits per heavy atom. The number of rotatable bonds is 1. The van der Waals surface area contributed by atoms with Crippen LogP contribution in [-0.4, -0.2) is 11.6 Å². The van der Waals surface area contributed by atoms with Crippen LogP contribution in [0.25, 0.3) is 0 Å². The summed E-state index contributed by atoms with van der Waals surface area (Å²) in [6.07, 6.45) is 4.21. The smallest absolute Gasteiger partial charge is 0.230 e. The Morgan fingerprint density at radius 3 is 2.95 bits per heavy atom. The number of halogens is 1. The Bertz CT molecular complexity index is 676. The van der Waals surface area contributed by atoms with E-state index >= 15 is 0 Å². The molecule has 0 bridgehead atoms. The number of carbonyl (C=O) groups is 1. The molecule has 2 heterocycles. The zero-order chi connectivity index (χ0) is 14.1. The molecule has 102 valence electrons. The van der Waals surface area contributed by atoms with Gasteiger partial charge in [0.15, 0.2) is 0 Å². The molecule has 0 saturated carbocycles. The van der Waals surface area contributed by atoms with Crippen molar-refractivity contribution in [2.45, 2.75) is 13.3 Å². The van der Waals surface area contributed by atoms with Crippen LogP contribution in [0.2, 0.25) is 0 Å². The van der Waals surface area contributed by atoms with Crippen molar-refractivity contribution >= 4 is 38.9 Å². The molecule has 0 atom stereocenters. The highest BCUT2D eigenvalue weighted by atomic mass is 79.9. The molecule has 1 amide bonds. The van der Waals surface area contributed by atoms with Gasteiger partial charge in [0.25, 0.3) is 0 Å². The quantitative estimate of drug-likeness (QED) is 0.685. The van der Waals surface area contributed by atoms with Crippen molar-refractivity contribution in [2.75, 3.05) is 5.32 Å². The number of fused-ring (bicyclic) bond motifs is 1. The zero-order valence-electron chi connectivity index (χ0n) is 10.9. The lowest BCUT2D eigenvalue weighted by Crippen LogP contribution is -2.91. The Hall–Kier alpha value is -1.92. The second-order valence-electron chi connectivity index (χ2n) is 4.72. The van der Waals surface area contributed by atoms with E-state index in [1.807, 2.05) is 42.7 Å². The summed E-state index contributed by atoms with van der Waals surface area (Å²) < 4.78 is 0.914. The molecular weight excluding hydrogens is 320 g/mol. The fourth-order valence-corrected chi connectivity index (χ4v) is 2.44. The maximum Gasteiger partial charge on any atom is 0.230 e. The molecule has 2 aliphatic heterocycles. The predicted molar refractivity (Wildman–Crippen MR) is 81.4 cm³/mol. The molecule has 0 aliphatic carbocycles. The van der Waals surface area contributed by atoms with Gasteiger partial charge >= 0.3 is 0 Å². The molecule has 0 unspecified atom stereocenters. The number of anilines is 1. The largest absolute Gasteiger partial charge is 0.324 e. The van der Waals surface area contributed by atoms with E-state index in [2.05, 4.69) is 31.7 Å². The molecule has 20 heavy (non-hydrogen) atoms. The first-order valence-corrected chi connectivity index (χ1v) is 7.07. The summed E-state index contributed by atoms with van der Waals surface area (Å²) in [4.78, 5) is 16.6. The fourth-order valence-electron chi connectivity index (χ4n) is 2.07. The van der Waals surface area contributed by atoms with Gasteiger partial charge in [0.2, 0.25) is 5.91 Å². The maximum absolute atomic E-state index is 12.0. The summed E-state index contributed by atoms with van der Waals surface area (Å²) in [5.74, 6) is -0.0606. The molecule has 0 spiro atoms. The number of carbonyl (C=O) groups excluding carboxylic acids is 1. The van der Waals surface area contributed by atoms with E-state index in [-0.39, 0.29) is 12.3 Å². The average Bonchev–Trinajstić information content (AvgIpc) is 2.57. The highest BCUT2D eigenvalue weighted by Crippen LogP contribution is 2.31. The van der Waals surface area contributed by atoms with Crippen LogP contribution in [-0.2, 0) is 4.79 Å². The number of benzene rings is 1. The van der Waals surface area contributed by atoms with E-state index in [9.17, 15) is 4.79 Å². The van der Waals surface area contributed by atoms with Crippen molar-refractivity contribution in [1.29, 1.82) is 0 Å². The van der Waals surface area contributed by atoms with Gasteiger partial charge in [0.05, 0.1) is 23.5 Å². The number of allylic oxidation sites excluding steroid dienone is 4. The summed E-state index contributed by atoms with van der Waals surface area (Å²) >= 11 is 3.40. The van der Waals surface area contributed by atoms with Crippen molar-refractivity contribution in [3.63, 3.8) is 0 Å². The molecule has 0 fully saturated rings. The number of nitrogens with zero attached hydrogens (tertiary/aromatic N) is 1. The van der Waals surface area contributed by atoms with Gasteiger partial charge in [-0.3, -0.25) is 4.79 Å². The SMILES string of the molecule is CC1=CC=C(C2=Nc3ccc(Br)cc3NC(=O)C2)N[NH2+]1. The molecule has 6 heteroatoms. The summed E-state index contributed by atoms with van der Waals surface area (Å²) in [5, 5.41) is 2.88. The van der Waals surface area contributed by atoms with Crippen LogP contribution in [0.4, 0.5) is 11.4 Å². The minimum Gasteiger partial charge on any atom is -0.324 e. The minimum atomic E-state index is -0.0606. The second-order valence-corrected chi connectivity index (χ2v) is 5.64. The van der Waals surface area contributed by atoms with Gasteiger partial charge in [-0.05, 0) is 30.4 Å². The van der Waals surface area contributed by atoms with E-state index < -0.39 is 0 Å². The normalized spacial score (nSPS) is 17.9. The van der Waals surface area contributed by atoms with E-state index in [1.54, 1.807) is 0 Å². The van der Waals surface area contributed by atoms with Gasteiger partial charge in [-0.1, -0.05) is 15.9 Å². The molecule has 0 radical (unpaired) electrons. The molecule has 1 aromatic rings. The highest BCUT2D eigenvalue weighted by molar-refractivity contribution is 9.10. The third-order valence-corrected chi connectivity index (χ3v) is 3.59. The van der Waals surface area contributed by atoms with Gasteiger partial charge in [-0.15, -0.1) is 0 Å². The molecule has 2 aliphatic rings. The third-order valence-electron chi connectivity index (χ3n) is 3.10. The molecule has 1 aromatic carbocycles. The average molecular weight is 334 g/mol. The summed E-state index contributed by atoms with van der Waals surface area (Å²) in [7, 11) is 0. The number of hydrogen-bond acceptors (Lipinski definition) is 3. The maximum atomic E-state index is 12.0. The standard InChI is InChI=1S/C14H13BrN4O/c1-8-2-4-11(19-18-8)13-7-14(20)17-12-6-9(15)3-5-10(12)16-13/h2-6,18-19H,7H2,1H3,(H,17,20)/p+1. The first-order chi connectivity index (χ1) is 9.61. The first-order valence-electron chi connectivity index (χ1n) is 6.27. The van der Waals surface area contributed by atoms with Gasteiger partial charge in [0.1, 0.15) is 11.4 Å². The summed E-state index contributed by atoms with van der Waals surface area (Å²) in [6, 6.07) is 5.66. The van der Waals surface area contributed by atoms with E-state index in [1.165, 1.54) is 0 Å². The van der Waals surface area contributed by atoms with Crippen molar-refractivity contribution in [2.24, 2.45) is 4.99 Å².